The van der Waals surface area contributed by atoms with Crippen LogP contribution in [0.2, 0.25) is 0 Å². The Morgan fingerprint density at radius 3 is 2.77 bits per heavy atom. The Kier molecular flexibility index (Phi) is 3.89. The predicted octanol–water partition coefficient (Wildman–Crippen LogP) is 2.21. The van der Waals surface area contributed by atoms with Gasteiger partial charge in [-0.2, -0.15) is 0 Å². The van der Waals surface area contributed by atoms with Crippen LogP contribution in [0, 0.1) is 17.7 Å². The van der Waals surface area contributed by atoms with E-state index in [2.05, 4.69) is 0 Å². The zero-order valence-electron chi connectivity index (χ0n) is 13.0. The minimum atomic E-state index is -0.428. The Labute approximate surface area is 129 Å². The normalized spacial score (nSPS) is 24.7. The van der Waals surface area contributed by atoms with Crippen molar-refractivity contribution in [3.05, 3.63) is 35.6 Å². The van der Waals surface area contributed by atoms with Crippen molar-refractivity contribution in [2.24, 2.45) is 11.8 Å². The van der Waals surface area contributed by atoms with E-state index in [0.717, 1.165) is 6.54 Å². The van der Waals surface area contributed by atoms with Crippen LogP contribution in [0.15, 0.2) is 24.3 Å². The Morgan fingerprint density at radius 2 is 2.14 bits per heavy atom. The molecule has 1 aromatic rings. The van der Waals surface area contributed by atoms with Crippen molar-refractivity contribution in [2.75, 3.05) is 20.6 Å². The molecule has 1 aliphatic heterocycles. The smallest absolute Gasteiger partial charge is 0.228 e. The molecule has 0 unspecified atom stereocenters. The monoisotopic (exact) mass is 304 g/mol. The lowest BCUT2D eigenvalue weighted by molar-refractivity contribution is -0.135. The fourth-order valence-electron chi connectivity index (χ4n) is 3.30. The lowest BCUT2D eigenvalue weighted by atomic mass is 9.92. The third-order valence-electron chi connectivity index (χ3n) is 4.70. The van der Waals surface area contributed by atoms with Gasteiger partial charge in [-0.15, -0.1) is 0 Å². The second-order valence-electron chi connectivity index (χ2n) is 6.48. The molecular weight excluding hydrogens is 283 g/mol. The Hall–Kier alpha value is -1.91. The third kappa shape index (κ3) is 2.85. The Balaban J connectivity index is 1.84. The summed E-state index contributed by atoms with van der Waals surface area (Å²) >= 11 is 0. The molecule has 2 atom stereocenters. The summed E-state index contributed by atoms with van der Waals surface area (Å²) in [5.41, 5.74) is 0.687. The maximum absolute atomic E-state index is 13.5. The van der Waals surface area contributed by atoms with Crippen LogP contribution in [0.1, 0.15) is 30.9 Å². The number of hydrogen-bond acceptors (Lipinski definition) is 2. The van der Waals surface area contributed by atoms with Gasteiger partial charge in [-0.25, -0.2) is 4.39 Å². The van der Waals surface area contributed by atoms with E-state index in [1.54, 1.807) is 36.0 Å². The average molecular weight is 304 g/mol. The van der Waals surface area contributed by atoms with Crippen molar-refractivity contribution in [2.45, 2.75) is 25.3 Å². The minimum Gasteiger partial charge on any atom is -0.345 e. The van der Waals surface area contributed by atoms with Crippen molar-refractivity contribution >= 4 is 11.8 Å². The van der Waals surface area contributed by atoms with Crippen LogP contribution in [0.4, 0.5) is 4.39 Å². The molecule has 1 saturated carbocycles. The van der Waals surface area contributed by atoms with Gasteiger partial charge in [0.25, 0.3) is 0 Å². The molecule has 0 aromatic heterocycles. The number of amides is 2. The van der Waals surface area contributed by atoms with Gasteiger partial charge in [-0.1, -0.05) is 12.1 Å². The number of hydrogen-bond donors (Lipinski definition) is 0. The fraction of sp³-hybridized carbons (Fsp3) is 0.529. The zero-order valence-corrected chi connectivity index (χ0v) is 13.0. The summed E-state index contributed by atoms with van der Waals surface area (Å²) in [5.74, 6) is -0.242. The molecule has 4 nitrogen and oxygen atoms in total. The number of carbonyl (C=O) groups is 2. The van der Waals surface area contributed by atoms with Gasteiger partial charge in [0.1, 0.15) is 5.82 Å². The predicted molar refractivity (Wildman–Crippen MR) is 80.4 cm³/mol. The van der Waals surface area contributed by atoms with Crippen molar-refractivity contribution in [1.82, 2.24) is 9.80 Å². The summed E-state index contributed by atoms with van der Waals surface area (Å²) in [6.07, 6.45) is 2.55. The van der Waals surface area contributed by atoms with E-state index < -0.39 is 5.92 Å². The lowest BCUT2D eigenvalue weighted by Crippen LogP contribution is -2.37. The van der Waals surface area contributed by atoms with E-state index in [-0.39, 0.29) is 30.1 Å². The molecule has 1 aliphatic carbocycles. The highest BCUT2D eigenvalue weighted by Gasteiger charge is 2.44. The first kappa shape index (κ1) is 15.0. The molecule has 5 heteroatoms. The molecule has 0 bridgehead atoms. The first-order chi connectivity index (χ1) is 10.5. The highest BCUT2D eigenvalue weighted by molar-refractivity contribution is 5.90. The Morgan fingerprint density at radius 1 is 1.41 bits per heavy atom. The van der Waals surface area contributed by atoms with Gasteiger partial charge in [0.2, 0.25) is 11.8 Å². The molecule has 22 heavy (non-hydrogen) atoms. The van der Waals surface area contributed by atoms with Gasteiger partial charge in [0.05, 0.1) is 12.0 Å². The molecule has 1 saturated heterocycles. The molecule has 0 spiro atoms. The van der Waals surface area contributed by atoms with E-state index in [1.165, 1.54) is 25.0 Å². The van der Waals surface area contributed by atoms with Crippen LogP contribution < -0.4 is 0 Å². The van der Waals surface area contributed by atoms with E-state index in [9.17, 15) is 14.0 Å². The van der Waals surface area contributed by atoms with Gasteiger partial charge in [-0.05, 0) is 36.5 Å². The van der Waals surface area contributed by atoms with E-state index >= 15 is 0 Å². The maximum atomic E-state index is 13.5. The van der Waals surface area contributed by atoms with Crippen molar-refractivity contribution in [3.63, 3.8) is 0 Å². The highest BCUT2D eigenvalue weighted by atomic mass is 19.1. The molecule has 2 fully saturated rings. The van der Waals surface area contributed by atoms with Gasteiger partial charge >= 0.3 is 0 Å². The van der Waals surface area contributed by atoms with Crippen LogP contribution in [0.3, 0.4) is 0 Å². The molecule has 2 amide bonds. The quantitative estimate of drug-likeness (QED) is 0.856. The SMILES string of the molecule is CN(CC1CC1)C(=O)[C@@H]1CC(=O)N(C)[C@H]1c1cccc(F)c1. The molecule has 1 aromatic carbocycles. The lowest BCUT2D eigenvalue weighted by Gasteiger charge is -2.28. The second kappa shape index (κ2) is 5.71. The molecule has 1 heterocycles. The van der Waals surface area contributed by atoms with Gasteiger partial charge < -0.3 is 9.80 Å². The Bertz CT molecular complexity index is 600. The summed E-state index contributed by atoms with van der Waals surface area (Å²) in [5, 5.41) is 0. The van der Waals surface area contributed by atoms with Crippen molar-refractivity contribution < 1.29 is 14.0 Å². The number of likely N-dealkylation sites (tertiary alicyclic amines) is 1. The van der Waals surface area contributed by atoms with Crippen LogP contribution >= 0.6 is 0 Å². The number of carbonyl (C=O) groups excluding carboxylic acids is 2. The zero-order chi connectivity index (χ0) is 15.9. The van der Waals surface area contributed by atoms with Crippen molar-refractivity contribution in [3.8, 4) is 0 Å². The van der Waals surface area contributed by atoms with Crippen LogP contribution in [-0.4, -0.2) is 42.3 Å². The number of rotatable bonds is 4. The first-order valence-corrected chi connectivity index (χ1v) is 7.73. The molecule has 118 valence electrons. The van der Waals surface area contributed by atoms with Crippen LogP contribution in [-0.2, 0) is 9.59 Å². The summed E-state index contributed by atoms with van der Waals surface area (Å²) in [6.45, 7) is 0.753. The molecule has 2 aliphatic rings. The van der Waals surface area contributed by atoms with Gasteiger partial charge in [0, 0.05) is 27.1 Å². The van der Waals surface area contributed by atoms with Crippen LogP contribution in [0.25, 0.3) is 0 Å². The average Bonchev–Trinajstić information content (AvgIpc) is 3.24. The van der Waals surface area contributed by atoms with E-state index in [4.69, 9.17) is 0 Å². The van der Waals surface area contributed by atoms with E-state index in [0.29, 0.717) is 11.5 Å². The topological polar surface area (TPSA) is 40.6 Å². The van der Waals surface area contributed by atoms with Crippen LogP contribution in [0.5, 0.6) is 0 Å². The molecule has 0 N–H and O–H groups in total. The first-order valence-electron chi connectivity index (χ1n) is 7.73. The largest absolute Gasteiger partial charge is 0.345 e. The summed E-state index contributed by atoms with van der Waals surface area (Å²) in [4.78, 5) is 28.1. The summed E-state index contributed by atoms with van der Waals surface area (Å²) in [6, 6.07) is 5.82. The third-order valence-corrected chi connectivity index (χ3v) is 4.70. The molecule has 3 rings (SSSR count). The number of halogens is 1. The summed E-state index contributed by atoms with van der Waals surface area (Å²) < 4.78 is 13.5. The van der Waals surface area contributed by atoms with Crippen molar-refractivity contribution in [1.29, 1.82) is 0 Å². The fourth-order valence-corrected chi connectivity index (χ4v) is 3.30. The minimum absolute atomic E-state index is 0.0149. The number of nitrogens with zero attached hydrogens (tertiary/aromatic N) is 2. The molecular formula is C17H21FN2O2. The second-order valence-corrected chi connectivity index (χ2v) is 6.48. The van der Waals surface area contributed by atoms with Gasteiger partial charge in [-0.3, -0.25) is 9.59 Å². The maximum Gasteiger partial charge on any atom is 0.228 e. The van der Waals surface area contributed by atoms with Gasteiger partial charge in [0.15, 0.2) is 0 Å². The standard InChI is InChI=1S/C17H21FN2O2/c1-19(10-11-6-7-11)17(22)14-9-15(21)20(2)16(14)12-4-3-5-13(18)8-12/h3-5,8,11,14,16H,6-7,9-10H2,1-2H3/t14-,16+/m1/s1. The number of benzene rings is 1. The van der Waals surface area contributed by atoms with E-state index in [1.807, 2.05) is 0 Å². The summed E-state index contributed by atoms with van der Waals surface area (Å²) in [7, 11) is 3.48. The molecule has 0 radical (unpaired) electrons. The highest BCUT2D eigenvalue weighted by Crippen LogP contribution is 2.39.